The van der Waals surface area contributed by atoms with Crippen LogP contribution in [0.4, 0.5) is 0 Å². The Morgan fingerprint density at radius 3 is 2.20 bits per heavy atom. The van der Waals surface area contributed by atoms with Gasteiger partial charge in [0.1, 0.15) is 0 Å². The van der Waals surface area contributed by atoms with Gasteiger partial charge in [-0.05, 0) is 12.0 Å². The number of hydrogen-bond acceptors (Lipinski definition) is 4. The van der Waals surface area contributed by atoms with Gasteiger partial charge in [0.15, 0.2) is 0 Å². The molecule has 0 unspecified atom stereocenters. The molecule has 0 saturated carbocycles. The van der Waals surface area contributed by atoms with Crippen LogP contribution in [0.2, 0.25) is 0 Å². The molecule has 0 aromatic heterocycles. The van der Waals surface area contributed by atoms with Crippen LogP contribution < -0.4 is 0 Å². The van der Waals surface area contributed by atoms with Crippen molar-refractivity contribution >= 4 is 12.4 Å². The van der Waals surface area contributed by atoms with Crippen LogP contribution in [-0.2, 0) is 0 Å². The van der Waals surface area contributed by atoms with Crippen LogP contribution in [0.3, 0.4) is 0 Å². The standard InChI is InChI=1S/C7H7NO.C4H9NO/c9-8-6-7-4-2-1-3-5-7;1-2-3-4-5-6/h1-6,9H;4,6H,2-3H2,1H3. The zero-order chi connectivity index (χ0) is 11.4. The SMILES string of the molecule is CCCC=NO.ON=Cc1ccccc1. The van der Waals surface area contributed by atoms with Crippen LogP contribution in [0.1, 0.15) is 25.3 Å². The fourth-order valence-electron chi connectivity index (χ4n) is 0.793. The number of benzene rings is 1. The Balaban J connectivity index is 0.000000288. The summed E-state index contributed by atoms with van der Waals surface area (Å²) in [5.74, 6) is 0. The summed E-state index contributed by atoms with van der Waals surface area (Å²) >= 11 is 0. The molecule has 0 heterocycles. The quantitative estimate of drug-likeness (QED) is 0.455. The molecule has 0 aliphatic carbocycles. The third-order valence-electron chi connectivity index (χ3n) is 1.51. The van der Waals surface area contributed by atoms with E-state index in [9.17, 15) is 0 Å². The lowest BCUT2D eigenvalue weighted by Gasteiger charge is -1.85. The summed E-state index contributed by atoms with van der Waals surface area (Å²) < 4.78 is 0. The topological polar surface area (TPSA) is 65.2 Å². The van der Waals surface area contributed by atoms with Crippen molar-refractivity contribution in [1.82, 2.24) is 0 Å². The summed E-state index contributed by atoms with van der Waals surface area (Å²) in [7, 11) is 0. The summed E-state index contributed by atoms with van der Waals surface area (Å²) in [5, 5.41) is 21.5. The van der Waals surface area contributed by atoms with Gasteiger partial charge in [-0.3, -0.25) is 0 Å². The molecule has 0 fully saturated rings. The molecule has 0 bridgehead atoms. The van der Waals surface area contributed by atoms with Gasteiger partial charge < -0.3 is 10.4 Å². The van der Waals surface area contributed by atoms with E-state index in [0.717, 1.165) is 18.4 Å². The molecule has 1 rings (SSSR count). The lowest BCUT2D eigenvalue weighted by Crippen LogP contribution is -1.76. The maximum Gasteiger partial charge on any atom is 0.0733 e. The van der Waals surface area contributed by atoms with Crippen molar-refractivity contribution in [2.45, 2.75) is 19.8 Å². The molecule has 4 heteroatoms. The number of unbranched alkanes of at least 4 members (excludes halogenated alkanes) is 1. The normalized spacial score (nSPS) is 10.2. The first-order chi connectivity index (χ1) is 7.35. The monoisotopic (exact) mass is 208 g/mol. The zero-order valence-electron chi connectivity index (χ0n) is 8.74. The Bertz CT molecular complexity index is 284. The molecule has 1 aromatic carbocycles. The first kappa shape index (κ1) is 13.2. The third kappa shape index (κ3) is 8.49. The highest BCUT2D eigenvalue weighted by Gasteiger charge is 1.79. The van der Waals surface area contributed by atoms with Gasteiger partial charge in [0.2, 0.25) is 0 Å². The minimum Gasteiger partial charge on any atom is -0.411 e. The van der Waals surface area contributed by atoms with Crippen LogP contribution in [0.15, 0.2) is 40.6 Å². The average molecular weight is 208 g/mol. The zero-order valence-corrected chi connectivity index (χ0v) is 8.74. The van der Waals surface area contributed by atoms with Crippen molar-refractivity contribution in [2.75, 3.05) is 0 Å². The molecule has 0 aliphatic heterocycles. The minimum absolute atomic E-state index is 0.872. The summed E-state index contributed by atoms with van der Waals surface area (Å²) in [6.45, 7) is 2.03. The van der Waals surface area contributed by atoms with Gasteiger partial charge in [0, 0.05) is 6.21 Å². The van der Waals surface area contributed by atoms with Crippen molar-refractivity contribution in [3.8, 4) is 0 Å². The molecule has 0 atom stereocenters. The molecule has 0 saturated heterocycles. The van der Waals surface area contributed by atoms with E-state index >= 15 is 0 Å². The molecule has 4 nitrogen and oxygen atoms in total. The van der Waals surface area contributed by atoms with E-state index in [2.05, 4.69) is 10.3 Å². The van der Waals surface area contributed by atoms with Gasteiger partial charge in [-0.25, -0.2) is 0 Å². The Kier molecular flexibility index (Phi) is 8.99. The first-order valence-electron chi connectivity index (χ1n) is 4.73. The minimum atomic E-state index is 0.872. The first-order valence-corrected chi connectivity index (χ1v) is 4.73. The van der Waals surface area contributed by atoms with Crippen molar-refractivity contribution in [1.29, 1.82) is 0 Å². The van der Waals surface area contributed by atoms with Crippen molar-refractivity contribution in [3.05, 3.63) is 35.9 Å². The highest BCUT2D eigenvalue weighted by molar-refractivity contribution is 5.78. The molecule has 0 amide bonds. The average Bonchev–Trinajstić information content (AvgIpc) is 2.29. The number of hydrogen-bond donors (Lipinski definition) is 2. The maximum atomic E-state index is 8.09. The fourth-order valence-corrected chi connectivity index (χ4v) is 0.793. The molecule has 0 radical (unpaired) electrons. The van der Waals surface area contributed by atoms with Gasteiger partial charge in [-0.1, -0.05) is 48.8 Å². The summed E-state index contributed by atoms with van der Waals surface area (Å²) in [6, 6.07) is 9.40. The summed E-state index contributed by atoms with van der Waals surface area (Å²) in [4.78, 5) is 0. The van der Waals surface area contributed by atoms with E-state index in [1.165, 1.54) is 12.4 Å². The van der Waals surface area contributed by atoms with E-state index < -0.39 is 0 Å². The number of nitrogens with zero attached hydrogens (tertiary/aromatic N) is 2. The Morgan fingerprint density at radius 2 is 1.80 bits per heavy atom. The Labute approximate surface area is 89.5 Å². The van der Waals surface area contributed by atoms with E-state index in [-0.39, 0.29) is 0 Å². The van der Waals surface area contributed by atoms with Crippen LogP contribution in [0, 0.1) is 0 Å². The molecule has 1 aromatic rings. The predicted molar refractivity (Wildman–Crippen MR) is 61.0 cm³/mol. The van der Waals surface area contributed by atoms with Gasteiger partial charge in [-0.2, -0.15) is 0 Å². The molecular weight excluding hydrogens is 192 g/mol. The summed E-state index contributed by atoms with van der Waals surface area (Å²) in [6.07, 6.45) is 4.79. The van der Waals surface area contributed by atoms with E-state index in [4.69, 9.17) is 10.4 Å². The fraction of sp³-hybridized carbons (Fsp3) is 0.273. The summed E-state index contributed by atoms with van der Waals surface area (Å²) in [5.41, 5.74) is 0.903. The van der Waals surface area contributed by atoms with E-state index in [1.807, 2.05) is 37.3 Å². The predicted octanol–water partition coefficient (Wildman–Crippen LogP) is 2.74. The van der Waals surface area contributed by atoms with Crippen LogP contribution in [0.5, 0.6) is 0 Å². The Morgan fingerprint density at radius 1 is 1.13 bits per heavy atom. The third-order valence-corrected chi connectivity index (χ3v) is 1.51. The van der Waals surface area contributed by atoms with E-state index in [1.54, 1.807) is 0 Å². The molecular formula is C11H16N2O2. The maximum absolute atomic E-state index is 8.09. The molecule has 0 aliphatic rings. The molecule has 2 N–H and O–H groups in total. The van der Waals surface area contributed by atoms with Crippen LogP contribution in [-0.4, -0.2) is 22.8 Å². The lowest BCUT2D eigenvalue weighted by molar-refractivity contribution is 0.320. The smallest absolute Gasteiger partial charge is 0.0733 e. The largest absolute Gasteiger partial charge is 0.411 e. The number of oxime groups is 2. The van der Waals surface area contributed by atoms with Crippen molar-refractivity contribution in [2.24, 2.45) is 10.3 Å². The lowest BCUT2D eigenvalue weighted by atomic mass is 10.2. The highest BCUT2D eigenvalue weighted by Crippen LogP contribution is 1.92. The second-order valence-corrected chi connectivity index (χ2v) is 2.74. The van der Waals surface area contributed by atoms with E-state index in [0.29, 0.717) is 0 Å². The van der Waals surface area contributed by atoms with Gasteiger partial charge in [0.25, 0.3) is 0 Å². The molecule has 15 heavy (non-hydrogen) atoms. The molecule has 82 valence electrons. The van der Waals surface area contributed by atoms with Gasteiger partial charge in [-0.15, -0.1) is 5.16 Å². The molecule has 0 spiro atoms. The van der Waals surface area contributed by atoms with Crippen LogP contribution in [0.25, 0.3) is 0 Å². The number of rotatable bonds is 3. The van der Waals surface area contributed by atoms with Crippen molar-refractivity contribution < 1.29 is 10.4 Å². The second kappa shape index (κ2) is 10.2. The second-order valence-electron chi connectivity index (χ2n) is 2.74. The Hall–Kier alpha value is -1.84. The van der Waals surface area contributed by atoms with Crippen molar-refractivity contribution in [3.63, 3.8) is 0 Å². The highest BCUT2D eigenvalue weighted by atomic mass is 16.4. The van der Waals surface area contributed by atoms with Gasteiger partial charge in [0.05, 0.1) is 6.21 Å². The van der Waals surface area contributed by atoms with Gasteiger partial charge >= 0.3 is 0 Å². The van der Waals surface area contributed by atoms with Crippen LogP contribution >= 0.6 is 0 Å².